The van der Waals surface area contributed by atoms with Gasteiger partial charge in [-0.1, -0.05) is 61.9 Å². The van der Waals surface area contributed by atoms with Crippen molar-refractivity contribution in [1.82, 2.24) is 10.2 Å². The van der Waals surface area contributed by atoms with Crippen LogP contribution in [-0.4, -0.2) is 54.2 Å². The minimum atomic E-state index is -0.751. The van der Waals surface area contributed by atoms with Gasteiger partial charge in [0.15, 0.2) is 0 Å². The van der Waals surface area contributed by atoms with E-state index in [1.54, 1.807) is 4.90 Å². The third-order valence-electron chi connectivity index (χ3n) is 7.44. The third kappa shape index (κ3) is 5.34. The Balaban J connectivity index is 1.18. The number of nitrogens with one attached hydrogen (secondary N) is 1. The van der Waals surface area contributed by atoms with E-state index in [0.29, 0.717) is 51.7 Å². The average Bonchev–Trinajstić information content (AvgIpc) is 3.19. The number of carboxylic acids is 1. The fraction of sp³-hybridized carbons (Fsp3) is 0.464. The molecule has 2 amide bonds. The van der Waals surface area contributed by atoms with Crippen LogP contribution in [0.15, 0.2) is 48.5 Å². The maximum Gasteiger partial charge on any atom is 0.407 e. The van der Waals surface area contributed by atoms with Crippen molar-refractivity contribution in [3.05, 3.63) is 59.7 Å². The van der Waals surface area contributed by atoms with Crippen molar-refractivity contribution in [3.63, 3.8) is 0 Å². The lowest BCUT2D eigenvalue weighted by molar-refractivity contribution is -0.155. The molecule has 1 fully saturated rings. The molecule has 7 nitrogen and oxygen atoms in total. The highest BCUT2D eigenvalue weighted by molar-refractivity contribution is 5.79. The molecular weight excluding hydrogens is 444 g/mol. The molecule has 2 aromatic carbocycles. The Morgan fingerprint density at radius 1 is 1.03 bits per heavy atom. The van der Waals surface area contributed by atoms with E-state index in [1.165, 1.54) is 22.3 Å². The van der Waals surface area contributed by atoms with Crippen LogP contribution in [0.2, 0.25) is 0 Å². The first-order chi connectivity index (χ1) is 16.9. The molecule has 2 aliphatic rings. The van der Waals surface area contributed by atoms with Crippen molar-refractivity contribution in [2.45, 2.75) is 51.4 Å². The van der Waals surface area contributed by atoms with Gasteiger partial charge in [0.1, 0.15) is 6.61 Å². The predicted octanol–water partition coefficient (Wildman–Crippen LogP) is 4.80. The van der Waals surface area contributed by atoms with E-state index in [1.807, 2.05) is 31.2 Å². The average molecular weight is 479 g/mol. The standard InChI is InChI=1S/C28H34N2O5/c1-2-13-28(26(32)33)14-17-30(18-15-28)25(31)12-7-16-29-27(34)35-19-24-22-10-5-3-8-20(22)21-9-4-6-11-23(21)24/h3-6,8-11,24H,2,7,12-19H2,1H3,(H,29,34)(H,32,33). The molecular formula is C28H34N2O5. The number of carbonyl (C=O) groups excluding carboxylic acids is 2. The normalized spacial score (nSPS) is 16.3. The molecule has 0 spiro atoms. The zero-order valence-corrected chi connectivity index (χ0v) is 20.3. The Kier molecular flexibility index (Phi) is 7.73. The highest BCUT2D eigenvalue weighted by Gasteiger charge is 2.41. The summed E-state index contributed by atoms with van der Waals surface area (Å²) in [6.45, 7) is 3.56. The summed E-state index contributed by atoms with van der Waals surface area (Å²) in [5.74, 6) is -0.729. The summed E-state index contributed by atoms with van der Waals surface area (Å²) < 4.78 is 5.53. The largest absolute Gasteiger partial charge is 0.481 e. The number of likely N-dealkylation sites (tertiary alicyclic amines) is 1. The molecule has 1 heterocycles. The van der Waals surface area contributed by atoms with Gasteiger partial charge in [0, 0.05) is 32.0 Å². The minimum absolute atomic E-state index is 0.00910. The Labute approximate surface area is 206 Å². The summed E-state index contributed by atoms with van der Waals surface area (Å²) in [5, 5.41) is 12.4. The molecule has 2 N–H and O–H groups in total. The highest BCUT2D eigenvalue weighted by Crippen LogP contribution is 2.44. The molecule has 1 aliphatic heterocycles. The van der Waals surface area contributed by atoms with Gasteiger partial charge in [0.25, 0.3) is 0 Å². The topological polar surface area (TPSA) is 95.9 Å². The summed E-state index contributed by atoms with van der Waals surface area (Å²) in [6, 6.07) is 16.4. The Bertz CT molecular complexity index is 1030. The van der Waals surface area contributed by atoms with Crippen molar-refractivity contribution in [1.29, 1.82) is 0 Å². The van der Waals surface area contributed by atoms with Gasteiger partial charge in [-0.2, -0.15) is 0 Å². The lowest BCUT2D eigenvalue weighted by Gasteiger charge is -2.39. The first-order valence-electron chi connectivity index (χ1n) is 12.6. The molecule has 2 aromatic rings. The number of nitrogens with zero attached hydrogens (tertiary/aromatic N) is 1. The first kappa shape index (κ1) is 24.8. The van der Waals surface area contributed by atoms with Crippen LogP contribution in [0.4, 0.5) is 4.79 Å². The molecule has 35 heavy (non-hydrogen) atoms. The van der Waals surface area contributed by atoms with Gasteiger partial charge >= 0.3 is 12.1 Å². The summed E-state index contributed by atoms with van der Waals surface area (Å²) in [4.78, 5) is 38.3. The zero-order valence-electron chi connectivity index (χ0n) is 20.3. The van der Waals surface area contributed by atoms with Crippen LogP contribution >= 0.6 is 0 Å². The van der Waals surface area contributed by atoms with E-state index < -0.39 is 17.5 Å². The van der Waals surface area contributed by atoms with Gasteiger partial charge in [-0.25, -0.2) is 4.79 Å². The number of piperidine rings is 1. The highest BCUT2D eigenvalue weighted by atomic mass is 16.5. The quantitative estimate of drug-likeness (QED) is 0.505. The van der Waals surface area contributed by atoms with Crippen molar-refractivity contribution in [3.8, 4) is 11.1 Å². The summed E-state index contributed by atoms with van der Waals surface area (Å²) in [6.07, 6.45) is 2.81. The van der Waals surface area contributed by atoms with Crippen LogP contribution in [0, 0.1) is 5.41 Å². The Hall–Kier alpha value is -3.35. The monoisotopic (exact) mass is 478 g/mol. The molecule has 0 atom stereocenters. The number of carbonyl (C=O) groups is 3. The third-order valence-corrected chi connectivity index (χ3v) is 7.44. The van der Waals surface area contributed by atoms with Crippen molar-refractivity contribution in [2.24, 2.45) is 5.41 Å². The summed E-state index contributed by atoms with van der Waals surface area (Å²) >= 11 is 0. The van der Waals surface area contributed by atoms with E-state index in [-0.39, 0.29) is 18.4 Å². The fourth-order valence-corrected chi connectivity index (χ4v) is 5.47. The number of hydrogen-bond acceptors (Lipinski definition) is 4. The molecule has 7 heteroatoms. The number of alkyl carbamates (subject to hydrolysis) is 1. The van der Waals surface area contributed by atoms with E-state index in [9.17, 15) is 19.5 Å². The van der Waals surface area contributed by atoms with E-state index in [4.69, 9.17) is 4.74 Å². The lowest BCUT2D eigenvalue weighted by atomic mass is 9.75. The van der Waals surface area contributed by atoms with Crippen molar-refractivity contribution in [2.75, 3.05) is 26.2 Å². The Morgan fingerprint density at radius 3 is 2.20 bits per heavy atom. The number of ether oxygens (including phenoxy) is 1. The first-order valence-corrected chi connectivity index (χ1v) is 12.6. The number of rotatable bonds is 9. The summed E-state index contributed by atoms with van der Waals surface area (Å²) in [5.41, 5.74) is 4.00. The second kappa shape index (κ2) is 10.9. The molecule has 0 bridgehead atoms. The van der Waals surface area contributed by atoms with E-state index in [2.05, 4.69) is 29.6 Å². The predicted molar refractivity (Wildman–Crippen MR) is 133 cm³/mol. The smallest absolute Gasteiger partial charge is 0.407 e. The van der Waals surface area contributed by atoms with Crippen molar-refractivity contribution >= 4 is 18.0 Å². The molecule has 1 aliphatic carbocycles. The van der Waals surface area contributed by atoms with Gasteiger partial charge in [0.2, 0.25) is 5.91 Å². The SMILES string of the molecule is CCCC1(C(=O)O)CCN(C(=O)CCCNC(=O)OCC2c3ccccc3-c3ccccc32)CC1. The molecule has 0 aromatic heterocycles. The van der Waals surface area contributed by atoms with Gasteiger partial charge in [0.05, 0.1) is 5.41 Å². The van der Waals surface area contributed by atoms with Crippen LogP contribution in [-0.2, 0) is 14.3 Å². The van der Waals surface area contributed by atoms with Crippen LogP contribution in [0.1, 0.15) is 62.5 Å². The second-order valence-electron chi connectivity index (χ2n) is 9.57. The fourth-order valence-electron chi connectivity index (χ4n) is 5.47. The maximum atomic E-state index is 12.5. The van der Waals surface area contributed by atoms with E-state index in [0.717, 1.165) is 6.42 Å². The second-order valence-corrected chi connectivity index (χ2v) is 9.57. The van der Waals surface area contributed by atoms with E-state index >= 15 is 0 Å². The molecule has 0 unspecified atom stereocenters. The number of fused-ring (bicyclic) bond motifs is 3. The van der Waals surface area contributed by atoms with Crippen LogP contribution < -0.4 is 5.32 Å². The lowest BCUT2D eigenvalue weighted by Crippen LogP contribution is -2.46. The van der Waals surface area contributed by atoms with Gasteiger partial charge < -0.3 is 20.1 Å². The zero-order chi connectivity index (χ0) is 24.8. The molecule has 0 saturated carbocycles. The number of aliphatic carboxylic acids is 1. The molecule has 0 radical (unpaired) electrons. The molecule has 4 rings (SSSR count). The number of carboxylic acid groups (broad SMARTS) is 1. The van der Waals surface area contributed by atoms with Gasteiger partial charge in [-0.15, -0.1) is 0 Å². The summed E-state index contributed by atoms with van der Waals surface area (Å²) in [7, 11) is 0. The van der Waals surface area contributed by atoms with Gasteiger partial charge in [-0.3, -0.25) is 9.59 Å². The molecule has 186 valence electrons. The number of hydrogen-bond donors (Lipinski definition) is 2. The van der Waals surface area contributed by atoms with Crippen molar-refractivity contribution < 1.29 is 24.2 Å². The maximum absolute atomic E-state index is 12.5. The Morgan fingerprint density at radius 2 is 1.63 bits per heavy atom. The van der Waals surface area contributed by atoms with Crippen LogP contribution in [0.25, 0.3) is 11.1 Å². The number of benzene rings is 2. The van der Waals surface area contributed by atoms with Crippen LogP contribution in [0.3, 0.4) is 0 Å². The van der Waals surface area contributed by atoms with Gasteiger partial charge in [-0.05, 0) is 47.9 Å². The molecule has 1 saturated heterocycles. The van der Waals surface area contributed by atoms with Crippen LogP contribution in [0.5, 0.6) is 0 Å². The number of amides is 2. The minimum Gasteiger partial charge on any atom is -0.481 e.